The van der Waals surface area contributed by atoms with E-state index in [-0.39, 0.29) is 18.9 Å². The number of hydrogen-bond acceptors (Lipinski definition) is 4. The van der Waals surface area contributed by atoms with Crippen molar-refractivity contribution in [2.45, 2.75) is 20.0 Å². The third-order valence-electron chi connectivity index (χ3n) is 5.47. The SMILES string of the molecule is COc1ccc2c(c1)c(CC(=O)OCc1ccc(Cl)cc1)c(C)n2C(=O)c1ccc(Cl)cc1. The smallest absolute Gasteiger partial charge is 0.310 e. The summed E-state index contributed by atoms with van der Waals surface area (Å²) in [6, 6.07) is 19.3. The number of methoxy groups -OCH3 is 1. The summed E-state index contributed by atoms with van der Waals surface area (Å²) in [7, 11) is 1.57. The van der Waals surface area contributed by atoms with Gasteiger partial charge in [-0.05, 0) is 72.6 Å². The van der Waals surface area contributed by atoms with Crippen LogP contribution in [0, 0.1) is 6.92 Å². The summed E-state index contributed by atoms with van der Waals surface area (Å²) in [5, 5.41) is 1.93. The Morgan fingerprint density at radius 3 is 2.18 bits per heavy atom. The molecule has 0 saturated heterocycles. The maximum Gasteiger partial charge on any atom is 0.310 e. The lowest BCUT2D eigenvalue weighted by atomic mass is 10.1. The molecule has 0 radical (unpaired) electrons. The number of benzene rings is 3. The van der Waals surface area contributed by atoms with Crippen molar-refractivity contribution in [3.63, 3.8) is 0 Å². The molecule has 0 saturated carbocycles. The minimum absolute atomic E-state index is 0.0178. The first-order chi connectivity index (χ1) is 15.9. The Labute approximate surface area is 201 Å². The van der Waals surface area contributed by atoms with Gasteiger partial charge in [-0.2, -0.15) is 0 Å². The van der Waals surface area contributed by atoms with E-state index in [2.05, 4.69) is 0 Å². The fourth-order valence-electron chi connectivity index (χ4n) is 3.74. The number of ether oxygens (including phenoxy) is 2. The van der Waals surface area contributed by atoms with Gasteiger partial charge in [0.1, 0.15) is 12.4 Å². The highest BCUT2D eigenvalue weighted by Gasteiger charge is 2.22. The number of esters is 1. The van der Waals surface area contributed by atoms with Gasteiger partial charge in [0.25, 0.3) is 5.91 Å². The Morgan fingerprint density at radius 1 is 0.909 bits per heavy atom. The Kier molecular flexibility index (Phi) is 6.72. The number of fused-ring (bicyclic) bond motifs is 1. The van der Waals surface area contributed by atoms with Crippen molar-refractivity contribution < 1.29 is 19.1 Å². The summed E-state index contributed by atoms with van der Waals surface area (Å²) in [6.07, 6.45) is 0.0178. The van der Waals surface area contributed by atoms with Crippen LogP contribution in [0.3, 0.4) is 0 Å². The zero-order valence-electron chi connectivity index (χ0n) is 18.1. The summed E-state index contributed by atoms with van der Waals surface area (Å²) in [6.45, 7) is 1.96. The molecule has 3 aromatic carbocycles. The third kappa shape index (κ3) is 4.90. The van der Waals surface area contributed by atoms with Crippen LogP contribution >= 0.6 is 23.2 Å². The highest BCUT2D eigenvalue weighted by Crippen LogP contribution is 2.31. The molecule has 0 atom stereocenters. The molecule has 1 heterocycles. The highest BCUT2D eigenvalue weighted by atomic mass is 35.5. The zero-order valence-corrected chi connectivity index (χ0v) is 19.6. The minimum atomic E-state index is -0.395. The summed E-state index contributed by atoms with van der Waals surface area (Å²) >= 11 is 11.9. The monoisotopic (exact) mass is 481 g/mol. The van der Waals surface area contributed by atoms with E-state index in [0.29, 0.717) is 38.1 Å². The normalized spacial score (nSPS) is 10.9. The quantitative estimate of drug-likeness (QED) is 0.306. The van der Waals surface area contributed by atoms with Gasteiger partial charge in [-0.25, -0.2) is 0 Å². The van der Waals surface area contributed by atoms with E-state index in [0.717, 1.165) is 10.9 Å². The minimum Gasteiger partial charge on any atom is -0.497 e. The molecular formula is C26H21Cl2NO4. The summed E-state index contributed by atoms with van der Waals surface area (Å²) in [4.78, 5) is 26.0. The molecule has 4 aromatic rings. The topological polar surface area (TPSA) is 57.5 Å². The first-order valence-corrected chi connectivity index (χ1v) is 11.0. The van der Waals surface area contributed by atoms with Gasteiger partial charge in [-0.15, -0.1) is 0 Å². The van der Waals surface area contributed by atoms with Gasteiger partial charge in [0.05, 0.1) is 19.0 Å². The van der Waals surface area contributed by atoms with Gasteiger partial charge in [-0.3, -0.25) is 14.2 Å². The second-order valence-electron chi connectivity index (χ2n) is 7.56. The van der Waals surface area contributed by atoms with Crippen molar-refractivity contribution in [2.75, 3.05) is 7.11 Å². The van der Waals surface area contributed by atoms with Crippen LogP contribution in [0.2, 0.25) is 10.0 Å². The molecule has 4 rings (SSSR count). The Hall–Kier alpha value is -3.28. The van der Waals surface area contributed by atoms with Crippen molar-refractivity contribution in [2.24, 2.45) is 0 Å². The first kappa shape index (κ1) is 22.9. The number of carbonyl (C=O) groups is 2. The number of aromatic nitrogens is 1. The number of hydrogen-bond donors (Lipinski definition) is 0. The van der Waals surface area contributed by atoms with E-state index in [1.165, 1.54) is 0 Å². The average molecular weight is 482 g/mol. The van der Waals surface area contributed by atoms with Gasteiger partial charge in [0, 0.05) is 26.7 Å². The predicted molar refractivity (Wildman–Crippen MR) is 129 cm³/mol. The lowest BCUT2D eigenvalue weighted by Crippen LogP contribution is -2.14. The van der Waals surface area contributed by atoms with E-state index in [4.69, 9.17) is 32.7 Å². The van der Waals surface area contributed by atoms with Crippen molar-refractivity contribution in [3.8, 4) is 5.75 Å². The van der Waals surface area contributed by atoms with E-state index in [1.807, 2.05) is 31.2 Å². The molecule has 1 aromatic heterocycles. The van der Waals surface area contributed by atoms with Crippen LogP contribution in [0.1, 0.15) is 27.2 Å². The molecule has 0 spiro atoms. The van der Waals surface area contributed by atoms with Crippen molar-refractivity contribution in [3.05, 3.63) is 99.2 Å². The molecule has 0 aliphatic carbocycles. The molecule has 168 valence electrons. The fraction of sp³-hybridized carbons (Fsp3) is 0.154. The lowest BCUT2D eigenvalue weighted by Gasteiger charge is -2.08. The lowest BCUT2D eigenvalue weighted by molar-refractivity contribution is -0.144. The maximum absolute atomic E-state index is 13.3. The maximum atomic E-state index is 13.3. The Morgan fingerprint density at radius 2 is 1.55 bits per heavy atom. The predicted octanol–water partition coefficient (Wildman–Crippen LogP) is 6.24. The third-order valence-corrected chi connectivity index (χ3v) is 5.97. The molecule has 0 unspecified atom stereocenters. The highest BCUT2D eigenvalue weighted by molar-refractivity contribution is 6.30. The molecule has 0 fully saturated rings. The molecule has 33 heavy (non-hydrogen) atoms. The first-order valence-electron chi connectivity index (χ1n) is 10.3. The van der Waals surface area contributed by atoms with E-state index >= 15 is 0 Å². The number of carbonyl (C=O) groups excluding carboxylic acids is 2. The largest absolute Gasteiger partial charge is 0.497 e. The molecule has 7 heteroatoms. The van der Waals surface area contributed by atoms with Gasteiger partial charge >= 0.3 is 5.97 Å². The molecular weight excluding hydrogens is 461 g/mol. The number of halogens is 2. The summed E-state index contributed by atoms with van der Waals surface area (Å²) in [5.74, 6) is 0.0309. The van der Waals surface area contributed by atoms with Crippen molar-refractivity contribution in [1.29, 1.82) is 0 Å². The Balaban J connectivity index is 1.67. The molecule has 0 aliphatic rings. The summed E-state index contributed by atoms with van der Waals surface area (Å²) in [5.41, 5.74) is 3.40. The van der Waals surface area contributed by atoms with Crippen molar-refractivity contribution >= 4 is 46.0 Å². The molecule has 0 bridgehead atoms. The second kappa shape index (κ2) is 9.69. The zero-order chi connectivity index (χ0) is 23.5. The van der Waals surface area contributed by atoms with Crippen LogP contribution in [-0.4, -0.2) is 23.6 Å². The van der Waals surface area contributed by atoms with Gasteiger partial charge in [-0.1, -0.05) is 35.3 Å². The van der Waals surface area contributed by atoms with Gasteiger partial charge in [0.15, 0.2) is 0 Å². The van der Waals surface area contributed by atoms with Crippen LogP contribution < -0.4 is 4.74 Å². The summed E-state index contributed by atoms with van der Waals surface area (Å²) < 4.78 is 12.5. The van der Waals surface area contributed by atoms with Crippen LogP contribution in [0.15, 0.2) is 66.7 Å². The van der Waals surface area contributed by atoms with Gasteiger partial charge in [0.2, 0.25) is 0 Å². The average Bonchev–Trinajstić information content (AvgIpc) is 3.09. The van der Waals surface area contributed by atoms with E-state index in [1.54, 1.807) is 54.1 Å². The molecule has 5 nitrogen and oxygen atoms in total. The van der Waals surface area contributed by atoms with Crippen LogP contribution in [-0.2, 0) is 22.6 Å². The Bertz CT molecular complexity index is 1330. The number of nitrogens with zero attached hydrogens (tertiary/aromatic N) is 1. The molecule has 0 amide bonds. The fourth-order valence-corrected chi connectivity index (χ4v) is 3.99. The van der Waals surface area contributed by atoms with Crippen LogP contribution in [0.4, 0.5) is 0 Å². The number of rotatable bonds is 6. The van der Waals surface area contributed by atoms with Crippen molar-refractivity contribution in [1.82, 2.24) is 4.57 Å². The van der Waals surface area contributed by atoms with E-state index < -0.39 is 5.97 Å². The second-order valence-corrected chi connectivity index (χ2v) is 8.43. The van der Waals surface area contributed by atoms with Gasteiger partial charge < -0.3 is 9.47 Å². The molecule has 0 N–H and O–H groups in total. The standard InChI is InChI=1S/C26H21Cl2NO4/c1-16-22(14-25(30)33-15-17-3-7-19(27)8-4-17)23-13-21(32-2)11-12-24(23)29(16)26(31)18-5-9-20(28)10-6-18/h3-13H,14-15H2,1-2H3. The van der Waals surface area contributed by atoms with Crippen LogP contribution in [0.5, 0.6) is 5.75 Å². The van der Waals surface area contributed by atoms with E-state index in [9.17, 15) is 9.59 Å². The van der Waals surface area contributed by atoms with Crippen LogP contribution in [0.25, 0.3) is 10.9 Å². The molecule has 0 aliphatic heterocycles.